The van der Waals surface area contributed by atoms with Crippen LogP contribution in [0.15, 0.2) is 12.2 Å². The number of carboxylic acids is 1. The van der Waals surface area contributed by atoms with Gasteiger partial charge in [0, 0.05) is 6.54 Å². The number of carboxylic acid groups (broad SMARTS) is 1. The third-order valence-corrected chi connectivity index (χ3v) is 2.98. The molecule has 2 atom stereocenters. The Bertz CT molecular complexity index is 299. The van der Waals surface area contributed by atoms with Crippen molar-refractivity contribution in [2.24, 2.45) is 11.8 Å². The highest BCUT2D eigenvalue weighted by atomic mass is 16.4. The van der Waals surface area contributed by atoms with Gasteiger partial charge in [-0.3, -0.25) is 9.59 Å². The first-order valence-electron chi connectivity index (χ1n) is 5.67. The van der Waals surface area contributed by atoms with Gasteiger partial charge >= 0.3 is 5.97 Å². The van der Waals surface area contributed by atoms with Crippen molar-refractivity contribution in [1.29, 1.82) is 0 Å². The van der Waals surface area contributed by atoms with Crippen LogP contribution in [0.5, 0.6) is 0 Å². The van der Waals surface area contributed by atoms with E-state index < -0.39 is 11.9 Å². The first kappa shape index (κ1) is 12.7. The zero-order chi connectivity index (χ0) is 12.1. The van der Waals surface area contributed by atoms with E-state index in [4.69, 9.17) is 5.11 Å². The molecule has 1 fully saturated rings. The molecule has 0 aliphatic heterocycles. The maximum atomic E-state index is 11.8. The largest absolute Gasteiger partial charge is 0.481 e. The van der Waals surface area contributed by atoms with Crippen molar-refractivity contribution >= 4 is 11.9 Å². The van der Waals surface area contributed by atoms with Crippen LogP contribution in [0.3, 0.4) is 0 Å². The second-order valence-electron chi connectivity index (χ2n) is 4.51. The Morgan fingerprint density at radius 3 is 2.38 bits per heavy atom. The number of nitrogens with one attached hydrogen (secondary N) is 1. The van der Waals surface area contributed by atoms with Crippen molar-refractivity contribution in [1.82, 2.24) is 5.32 Å². The summed E-state index contributed by atoms with van der Waals surface area (Å²) < 4.78 is 0. The molecule has 16 heavy (non-hydrogen) atoms. The predicted octanol–water partition coefficient (Wildman–Crippen LogP) is 1.57. The van der Waals surface area contributed by atoms with Gasteiger partial charge in [-0.1, -0.05) is 25.0 Å². The normalized spacial score (nSPS) is 24.8. The molecule has 1 aliphatic rings. The maximum absolute atomic E-state index is 11.8. The lowest BCUT2D eigenvalue weighted by Crippen LogP contribution is -2.40. The zero-order valence-corrected chi connectivity index (χ0v) is 9.66. The second kappa shape index (κ2) is 5.68. The van der Waals surface area contributed by atoms with Crippen molar-refractivity contribution in [3.8, 4) is 0 Å². The van der Waals surface area contributed by atoms with E-state index >= 15 is 0 Å². The smallest absolute Gasteiger partial charge is 0.307 e. The Hall–Kier alpha value is -1.32. The SMILES string of the molecule is C=C(C)CNC(=O)C1CCCCC1C(=O)O. The number of hydrogen-bond acceptors (Lipinski definition) is 2. The first-order valence-corrected chi connectivity index (χ1v) is 5.67. The molecule has 0 saturated heterocycles. The molecule has 4 heteroatoms. The number of carbonyl (C=O) groups is 2. The number of hydrogen-bond donors (Lipinski definition) is 2. The van der Waals surface area contributed by atoms with Gasteiger partial charge in [0.05, 0.1) is 11.8 Å². The van der Waals surface area contributed by atoms with E-state index in [1.807, 2.05) is 6.92 Å². The highest BCUT2D eigenvalue weighted by molar-refractivity contribution is 5.85. The van der Waals surface area contributed by atoms with Gasteiger partial charge in [-0.15, -0.1) is 0 Å². The Labute approximate surface area is 95.7 Å². The van der Waals surface area contributed by atoms with Crippen molar-refractivity contribution in [3.05, 3.63) is 12.2 Å². The predicted molar refractivity (Wildman–Crippen MR) is 60.9 cm³/mol. The molecular formula is C12H19NO3. The zero-order valence-electron chi connectivity index (χ0n) is 9.66. The van der Waals surface area contributed by atoms with Crippen molar-refractivity contribution < 1.29 is 14.7 Å². The summed E-state index contributed by atoms with van der Waals surface area (Å²) >= 11 is 0. The molecule has 1 saturated carbocycles. The van der Waals surface area contributed by atoms with Crippen LogP contribution in [0.2, 0.25) is 0 Å². The van der Waals surface area contributed by atoms with E-state index in [-0.39, 0.29) is 11.8 Å². The highest BCUT2D eigenvalue weighted by Crippen LogP contribution is 2.30. The quantitative estimate of drug-likeness (QED) is 0.714. The lowest BCUT2D eigenvalue weighted by molar-refractivity contribution is -0.148. The number of amides is 1. The van der Waals surface area contributed by atoms with Crippen LogP contribution in [0, 0.1) is 11.8 Å². The summed E-state index contributed by atoms with van der Waals surface area (Å²) in [6, 6.07) is 0. The van der Waals surface area contributed by atoms with E-state index in [9.17, 15) is 9.59 Å². The topological polar surface area (TPSA) is 66.4 Å². The van der Waals surface area contributed by atoms with E-state index in [0.29, 0.717) is 19.4 Å². The monoisotopic (exact) mass is 225 g/mol. The van der Waals surface area contributed by atoms with Gasteiger partial charge in [0.1, 0.15) is 0 Å². The highest BCUT2D eigenvalue weighted by Gasteiger charge is 2.35. The van der Waals surface area contributed by atoms with Gasteiger partial charge in [0.25, 0.3) is 0 Å². The minimum absolute atomic E-state index is 0.143. The van der Waals surface area contributed by atoms with Gasteiger partial charge in [-0.2, -0.15) is 0 Å². The van der Waals surface area contributed by atoms with E-state index in [1.165, 1.54) is 0 Å². The summed E-state index contributed by atoms with van der Waals surface area (Å²) in [5.74, 6) is -1.88. The summed E-state index contributed by atoms with van der Waals surface area (Å²) in [4.78, 5) is 22.8. The molecule has 2 unspecified atom stereocenters. The first-order chi connectivity index (χ1) is 7.52. The van der Waals surface area contributed by atoms with E-state index in [1.54, 1.807) is 0 Å². The second-order valence-corrected chi connectivity index (χ2v) is 4.51. The van der Waals surface area contributed by atoms with Crippen LogP contribution >= 0.6 is 0 Å². The molecule has 0 aromatic heterocycles. The van der Waals surface area contributed by atoms with Crippen LogP contribution in [-0.4, -0.2) is 23.5 Å². The van der Waals surface area contributed by atoms with Crippen molar-refractivity contribution in [2.75, 3.05) is 6.54 Å². The summed E-state index contributed by atoms with van der Waals surface area (Å²) in [6.07, 6.45) is 3.13. The maximum Gasteiger partial charge on any atom is 0.307 e. The third-order valence-electron chi connectivity index (χ3n) is 2.98. The fourth-order valence-electron chi connectivity index (χ4n) is 2.11. The number of aliphatic carboxylic acids is 1. The molecule has 0 aromatic rings. The standard InChI is InChI=1S/C12H19NO3/c1-8(2)7-13-11(14)9-5-3-4-6-10(9)12(15)16/h9-10H,1,3-7H2,2H3,(H,13,14)(H,15,16). The van der Waals surface area contributed by atoms with Gasteiger partial charge in [0.15, 0.2) is 0 Å². The van der Waals surface area contributed by atoms with Crippen LogP contribution in [0.25, 0.3) is 0 Å². The van der Waals surface area contributed by atoms with Gasteiger partial charge in [0.2, 0.25) is 5.91 Å². The number of rotatable bonds is 4. The summed E-state index contributed by atoms with van der Waals surface area (Å²) in [5.41, 5.74) is 0.871. The summed E-state index contributed by atoms with van der Waals surface area (Å²) in [5, 5.41) is 11.8. The minimum atomic E-state index is -0.852. The molecule has 4 nitrogen and oxygen atoms in total. The number of carbonyl (C=O) groups excluding carboxylic acids is 1. The average Bonchev–Trinajstić information content (AvgIpc) is 2.25. The van der Waals surface area contributed by atoms with Crippen molar-refractivity contribution in [2.45, 2.75) is 32.6 Å². The Morgan fingerprint density at radius 1 is 1.31 bits per heavy atom. The third kappa shape index (κ3) is 3.36. The molecule has 0 spiro atoms. The molecule has 1 rings (SSSR count). The molecule has 90 valence electrons. The lowest BCUT2D eigenvalue weighted by atomic mass is 9.78. The molecule has 0 radical (unpaired) electrons. The van der Waals surface area contributed by atoms with Gasteiger partial charge < -0.3 is 10.4 Å². The molecule has 0 aromatic carbocycles. The summed E-state index contributed by atoms with van der Waals surface area (Å²) in [7, 11) is 0. The van der Waals surface area contributed by atoms with Crippen LogP contribution in [-0.2, 0) is 9.59 Å². The summed E-state index contributed by atoms with van der Waals surface area (Å²) in [6.45, 7) is 5.96. The Morgan fingerprint density at radius 2 is 1.88 bits per heavy atom. The molecule has 0 heterocycles. The van der Waals surface area contributed by atoms with Gasteiger partial charge in [-0.25, -0.2) is 0 Å². The van der Waals surface area contributed by atoms with Crippen LogP contribution in [0.4, 0.5) is 0 Å². The Balaban J connectivity index is 2.57. The lowest BCUT2D eigenvalue weighted by Gasteiger charge is -2.27. The van der Waals surface area contributed by atoms with Gasteiger partial charge in [-0.05, 0) is 19.8 Å². The van der Waals surface area contributed by atoms with E-state index in [0.717, 1.165) is 18.4 Å². The molecule has 2 N–H and O–H groups in total. The molecule has 1 aliphatic carbocycles. The average molecular weight is 225 g/mol. The van der Waals surface area contributed by atoms with Crippen molar-refractivity contribution in [3.63, 3.8) is 0 Å². The van der Waals surface area contributed by atoms with E-state index in [2.05, 4.69) is 11.9 Å². The minimum Gasteiger partial charge on any atom is -0.481 e. The fraction of sp³-hybridized carbons (Fsp3) is 0.667. The Kier molecular flexibility index (Phi) is 4.52. The molecule has 0 bridgehead atoms. The van der Waals surface area contributed by atoms with Crippen LogP contribution in [0.1, 0.15) is 32.6 Å². The fourth-order valence-corrected chi connectivity index (χ4v) is 2.11. The van der Waals surface area contributed by atoms with Crippen LogP contribution < -0.4 is 5.32 Å². The molecular weight excluding hydrogens is 206 g/mol. The molecule has 1 amide bonds.